The quantitative estimate of drug-likeness (QED) is 0.819. The molecular weight excluding hydrogens is 222 g/mol. The first kappa shape index (κ1) is 11.1. The molecule has 0 aliphatic heterocycles. The minimum Gasteiger partial charge on any atom is -0.358 e. The summed E-state index contributed by atoms with van der Waals surface area (Å²) in [5.41, 5.74) is 0. The molecule has 0 unspecified atom stereocenters. The molecule has 0 atom stereocenters. The number of hydrogen-bond acceptors (Lipinski definition) is 3. The van der Waals surface area contributed by atoms with Crippen LogP contribution in [0.5, 0.6) is 0 Å². The number of nitrogens with zero attached hydrogens (tertiary/aromatic N) is 3. The summed E-state index contributed by atoms with van der Waals surface area (Å²) in [5.74, 6) is 0.891. The summed E-state index contributed by atoms with van der Waals surface area (Å²) < 4.78 is 0. The van der Waals surface area contributed by atoms with E-state index in [1.54, 1.807) is 0 Å². The van der Waals surface area contributed by atoms with Crippen molar-refractivity contribution in [2.24, 2.45) is 0 Å². The topological polar surface area (TPSA) is 29.0 Å². The average molecular weight is 236 g/mol. The first-order valence-electron chi connectivity index (χ1n) is 5.36. The standard InChI is InChI=1S/C12H14ClN3/c1-3-8-16(2)12-10-7-5-4-6-9(10)11(13)14-15-12/h4-7H,3,8H2,1-2H3. The number of hydrogen-bond donors (Lipinski definition) is 0. The molecule has 0 aliphatic carbocycles. The zero-order valence-corrected chi connectivity index (χ0v) is 10.2. The Balaban J connectivity index is 2.58. The van der Waals surface area contributed by atoms with Crippen molar-refractivity contribution in [3.05, 3.63) is 29.4 Å². The third-order valence-electron chi connectivity index (χ3n) is 2.54. The van der Waals surface area contributed by atoms with Gasteiger partial charge in [0.2, 0.25) is 0 Å². The molecule has 0 spiro atoms. The van der Waals surface area contributed by atoms with Gasteiger partial charge in [-0.15, -0.1) is 10.2 Å². The Morgan fingerprint density at radius 3 is 2.56 bits per heavy atom. The van der Waals surface area contributed by atoms with Gasteiger partial charge in [-0.05, 0) is 6.42 Å². The lowest BCUT2D eigenvalue weighted by molar-refractivity contribution is 0.828. The number of aromatic nitrogens is 2. The van der Waals surface area contributed by atoms with Crippen LogP contribution >= 0.6 is 11.6 Å². The van der Waals surface area contributed by atoms with Crippen LogP contribution in [-0.2, 0) is 0 Å². The molecule has 2 rings (SSSR count). The molecule has 84 valence electrons. The summed E-state index contributed by atoms with van der Waals surface area (Å²) in [6, 6.07) is 7.94. The fourth-order valence-electron chi connectivity index (χ4n) is 1.78. The maximum atomic E-state index is 6.02. The van der Waals surface area contributed by atoms with Gasteiger partial charge in [0.25, 0.3) is 0 Å². The highest BCUT2D eigenvalue weighted by Gasteiger charge is 2.10. The summed E-state index contributed by atoms with van der Waals surface area (Å²) in [5, 5.41) is 10.6. The smallest absolute Gasteiger partial charge is 0.159 e. The first-order valence-corrected chi connectivity index (χ1v) is 5.74. The van der Waals surface area contributed by atoms with E-state index in [0.29, 0.717) is 5.15 Å². The Hall–Kier alpha value is -1.35. The summed E-state index contributed by atoms with van der Waals surface area (Å²) in [6.45, 7) is 3.10. The normalized spacial score (nSPS) is 10.7. The van der Waals surface area contributed by atoms with Gasteiger partial charge in [0.05, 0.1) is 0 Å². The van der Waals surface area contributed by atoms with E-state index in [2.05, 4.69) is 22.0 Å². The molecule has 0 fully saturated rings. The highest BCUT2D eigenvalue weighted by atomic mass is 35.5. The van der Waals surface area contributed by atoms with Gasteiger partial charge in [-0.25, -0.2) is 0 Å². The predicted octanol–water partition coefficient (Wildman–Crippen LogP) is 3.13. The Morgan fingerprint density at radius 2 is 1.88 bits per heavy atom. The molecule has 0 N–H and O–H groups in total. The third-order valence-corrected chi connectivity index (χ3v) is 2.82. The molecule has 4 heteroatoms. The second-order valence-electron chi connectivity index (χ2n) is 3.78. The summed E-state index contributed by atoms with van der Waals surface area (Å²) in [6.07, 6.45) is 1.08. The Labute approximate surface area is 100 Å². The van der Waals surface area contributed by atoms with E-state index in [-0.39, 0.29) is 0 Å². The van der Waals surface area contributed by atoms with Crippen LogP contribution in [0.4, 0.5) is 5.82 Å². The van der Waals surface area contributed by atoms with Crippen molar-refractivity contribution in [3.8, 4) is 0 Å². The molecule has 16 heavy (non-hydrogen) atoms. The third kappa shape index (κ3) is 1.95. The van der Waals surface area contributed by atoms with E-state index in [9.17, 15) is 0 Å². The van der Waals surface area contributed by atoms with E-state index in [1.165, 1.54) is 0 Å². The van der Waals surface area contributed by atoms with Crippen molar-refractivity contribution in [1.82, 2.24) is 10.2 Å². The number of fused-ring (bicyclic) bond motifs is 1. The summed E-state index contributed by atoms with van der Waals surface area (Å²) in [7, 11) is 2.02. The van der Waals surface area contributed by atoms with Gasteiger partial charge < -0.3 is 4.90 Å². The Morgan fingerprint density at radius 1 is 1.19 bits per heavy atom. The van der Waals surface area contributed by atoms with Gasteiger partial charge in [0.1, 0.15) is 0 Å². The van der Waals surface area contributed by atoms with Crippen molar-refractivity contribution < 1.29 is 0 Å². The van der Waals surface area contributed by atoms with Gasteiger partial charge >= 0.3 is 0 Å². The van der Waals surface area contributed by atoms with Crippen LogP contribution in [0.1, 0.15) is 13.3 Å². The minimum absolute atomic E-state index is 0.462. The van der Waals surface area contributed by atoms with Crippen LogP contribution in [0.25, 0.3) is 10.8 Å². The monoisotopic (exact) mass is 235 g/mol. The summed E-state index contributed by atoms with van der Waals surface area (Å²) in [4.78, 5) is 2.10. The van der Waals surface area contributed by atoms with E-state index >= 15 is 0 Å². The minimum atomic E-state index is 0.462. The molecule has 1 aromatic heterocycles. The molecule has 0 amide bonds. The number of rotatable bonds is 3. The zero-order chi connectivity index (χ0) is 11.5. The lowest BCUT2D eigenvalue weighted by atomic mass is 10.2. The molecule has 0 radical (unpaired) electrons. The van der Waals surface area contributed by atoms with E-state index < -0.39 is 0 Å². The highest BCUT2D eigenvalue weighted by molar-refractivity contribution is 6.34. The van der Waals surface area contributed by atoms with Crippen LogP contribution < -0.4 is 4.90 Å². The Bertz CT molecular complexity index is 499. The SMILES string of the molecule is CCCN(C)c1nnc(Cl)c2ccccc12. The zero-order valence-electron chi connectivity index (χ0n) is 9.44. The molecule has 3 nitrogen and oxygen atoms in total. The van der Waals surface area contributed by atoms with E-state index in [1.807, 2.05) is 31.3 Å². The van der Waals surface area contributed by atoms with Gasteiger partial charge in [-0.2, -0.15) is 0 Å². The average Bonchev–Trinajstić information content (AvgIpc) is 2.30. The molecule has 0 aliphatic rings. The van der Waals surface area contributed by atoms with Gasteiger partial charge in [0.15, 0.2) is 11.0 Å². The number of halogens is 1. The molecule has 0 saturated carbocycles. The van der Waals surface area contributed by atoms with Crippen LogP contribution in [0.3, 0.4) is 0 Å². The highest BCUT2D eigenvalue weighted by Crippen LogP contribution is 2.27. The molecule has 1 aromatic carbocycles. The summed E-state index contributed by atoms with van der Waals surface area (Å²) >= 11 is 6.02. The molecule has 0 bridgehead atoms. The van der Waals surface area contributed by atoms with Gasteiger partial charge in [-0.3, -0.25) is 0 Å². The lowest BCUT2D eigenvalue weighted by Crippen LogP contribution is -2.19. The van der Waals surface area contributed by atoms with Crippen molar-refractivity contribution in [2.75, 3.05) is 18.5 Å². The van der Waals surface area contributed by atoms with E-state index in [4.69, 9.17) is 11.6 Å². The Kier molecular flexibility index (Phi) is 3.25. The van der Waals surface area contributed by atoms with Crippen LogP contribution in [0.15, 0.2) is 24.3 Å². The van der Waals surface area contributed by atoms with Crippen molar-refractivity contribution >= 4 is 28.2 Å². The molecular formula is C12H14ClN3. The molecule has 1 heterocycles. The first-order chi connectivity index (χ1) is 7.74. The fraction of sp³-hybridized carbons (Fsp3) is 0.333. The largest absolute Gasteiger partial charge is 0.358 e. The van der Waals surface area contributed by atoms with Crippen molar-refractivity contribution in [3.63, 3.8) is 0 Å². The van der Waals surface area contributed by atoms with Crippen molar-refractivity contribution in [2.45, 2.75) is 13.3 Å². The predicted molar refractivity (Wildman–Crippen MR) is 68.1 cm³/mol. The second kappa shape index (κ2) is 4.66. The number of anilines is 1. The van der Waals surface area contributed by atoms with Crippen LogP contribution in [0.2, 0.25) is 5.15 Å². The maximum absolute atomic E-state index is 6.02. The van der Waals surface area contributed by atoms with Crippen LogP contribution in [-0.4, -0.2) is 23.8 Å². The lowest BCUT2D eigenvalue weighted by Gasteiger charge is -2.18. The fourth-order valence-corrected chi connectivity index (χ4v) is 1.98. The van der Waals surface area contributed by atoms with Gasteiger partial charge in [-0.1, -0.05) is 42.8 Å². The molecule has 2 aromatic rings. The van der Waals surface area contributed by atoms with Crippen molar-refractivity contribution in [1.29, 1.82) is 0 Å². The molecule has 0 saturated heterocycles. The van der Waals surface area contributed by atoms with E-state index in [0.717, 1.165) is 29.6 Å². The van der Waals surface area contributed by atoms with Crippen LogP contribution in [0, 0.1) is 0 Å². The number of benzene rings is 1. The maximum Gasteiger partial charge on any atom is 0.159 e. The second-order valence-corrected chi connectivity index (χ2v) is 4.14. The van der Waals surface area contributed by atoms with Gasteiger partial charge in [0, 0.05) is 24.4 Å².